The standard InChI is InChI=1S/C13H17N3O5/c14-7-12(17)15-10-4-5-20-13(21-8-10)9-2-1-3-11(6-9)16(18)19/h1-3,6,10,13H,4-5,7-8,14H2,(H,15,17)/t10-,13-/m0/s1. The number of nitro groups is 1. The Kier molecular flexibility index (Phi) is 5.20. The van der Waals surface area contributed by atoms with Gasteiger partial charge in [-0.1, -0.05) is 12.1 Å². The van der Waals surface area contributed by atoms with E-state index in [1.807, 2.05) is 0 Å². The molecule has 0 aromatic heterocycles. The molecule has 21 heavy (non-hydrogen) atoms. The van der Waals surface area contributed by atoms with Crippen molar-refractivity contribution in [3.63, 3.8) is 0 Å². The number of carbonyl (C=O) groups is 1. The van der Waals surface area contributed by atoms with Gasteiger partial charge in [0.05, 0.1) is 30.7 Å². The summed E-state index contributed by atoms with van der Waals surface area (Å²) >= 11 is 0. The van der Waals surface area contributed by atoms with E-state index in [0.29, 0.717) is 18.6 Å². The number of hydrogen-bond donors (Lipinski definition) is 2. The van der Waals surface area contributed by atoms with Gasteiger partial charge in [0.1, 0.15) is 0 Å². The number of nitrogens with two attached hydrogens (primary N) is 1. The van der Waals surface area contributed by atoms with Gasteiger partial charge in [0, 0.05) is 17.7 Å². The van der Waals surface area contributed by atoms with E-state index in [1.54, 1.807) is 12.1 Å². The van der Waals surface area contributed by atoms with E-state index in [2.05, 4.69) is 5.32 Å². The van der Waals surface area contributed by atoms with E-state index < -0.39 is 11.2 Å². The van der Waals surface area contributed by atoms with Gasteiger partial charge in [-0.05, 0) is 6.42 Å². The normalized spacial score (nSPS) is 22.3. The Hall–Kier alpha value is -2.03. The van der Waals surface area contributed by atoms with Crippen molar-refractivity contribution in [1.29, 1.82) is 0 Å². The predicted molar refractivity (Wildman–Crippen MR) is 73.3 cm³/mol. The minimum absolute atomic E-state index is 0.0167. The fourth-order valence-electron chi connectivity index (χ4n) is 2.03. The van der Waals surface area contributed by atoms with Gasteiger partial charge in [-0.2, -0.15) is 0 Å². The number of rotatable bonds is 4. The molecule has 1 aliphatic rings. The van der Waals surface area contributed by atoms with Crippen molar-refractivity contribution in [2.75, 3.05) is 19.8 Å². The van der Waals surface area contributed by atoms with Crippen molar-refractivity contribution in [2.24, 2.45) is 5.73 Å². The van der Waals surface area contributed by atoms with E-state index in [1.165, 1.54) is 12.1 Å². The zero-order valence-electron chi connectivity index (χ0n) is 11.4. The summed E-state index contributed by atoms with van der Waals surface area (Å²) in [6, 6.07) is 5.94. The molecule has 1 amide bonds. The highest BCUT2D eigenvalue weighted by Crippen LogP contribution is 2.25. The molecule has 8 nitrogen and oxygen atoms in total. The highest BCUT2D eigenvalue weighted by molar-refractivity contribution is 5.78. The summed E-state index contributed by atoms with van der Waals surface area (Å²) in [7, 11) is 0. The minimum atomic E-state index is -0.676. The van der Waals surface area contributed by atoms with Crippen molar-refractivity contribution in [2.45, 2.75) is 18.8 Å². The molecule has 0 radical (unpaired) electrons. The lowest BCUT2D eigenvalue weighted by molar-refractivity contribution is -0.385. The molecule has 0 aliphatic carbocycles. The third-order valence-electron chi connectivity index (χ3n) is 3.09. The third-order valence-corrected chi connectivity index (χ3v) is 3.09. The van der Waals surface area contributed by atoms with Crippen LogP contribution in [0.25, 0.3) is 0 Å². The summed E-state index contributed by atoms with van der Waals surface area (Å²) in [5.41, 5.74) is 5.81. The second-order valence-electron chi connectivity index (χ2n) is 4.65. The molecule has 0 spiro atoms. The minimum Gasteiger partial charge on any atom is -0.350 e. The Morgan fingerprint density at radius 1 is 1.48 bits per heavy atom. The fourth-order valence-corrected chi connectivity index (χ4v) is 2.03. The summed E-state index contributed by atoms with van der Waals surface area (Å²) in [4.78, 5) is 21.6. The Bertz CT molecular complexity index is 522. The van der Waals surface area contributed by atoms with Gasteiger partial charge in [0.25, 0.3) is 5.69 Å². The van der Waals surface area contributed by atoms with E-state index >= 15 is 0 Å². The van der Waals surface area contributed by atoms with Crippen LogP contribution in [0.5, 0.6) is 0 Å². The van der Waals surface area contributed by atoms with Crippen molar-refractivity contribution < 1.29 is 19.2 Å². The number of nitrogens with zero attached hydrogens (tertiary/aromatic N) is 1. The maximum absolute atomic E-state index is 11.3. The number of benzene rings is 1. The van der Waals surface area contributed by atoms with Gasteiger partial charge in [-0.15, -0.1) is 0 Å². The number of non-ortho nitro benzene ring substituents is 1. The molecule has 8 heteroatoms. The highest BCUT2D eigenvalue weighted by atomic mass is 16.7. The summed E-state index contributed by atoms with van der Waals surface area (Å²) in [5, 5.41) is 13.5. The fraction of sp³-hybridized carbons (Fsp3) is 0.462. The van der Waals surface area contributed by atoms with Crippen LogP contribution in [0, 0.1) is 10.1 Å². The number of nitrogens with one attached hydrogen (secondary N) is 1. The molecule has 1 aromatic carbocycles. The second kappa shape index (κ2) is 7.11. The molecule has 1 aromatic rings. The first kappa shape index (κ1) is 15.4. The number of nitro benzene ring substituents is 1. The number of carbonyl (C=O) groups excluding carboxylic acids is 1. The predicted octanol–water partition coefficient (Wildman–Crippen LogP) is 0.474. The van der Waals surface area contributed by atoms with Crippen LogP contribution in [0.3, 0.4) is 0 Å². The topological polar surface area (TPSA) is 117 Å². The van der Waals surface area contributed by atoms with Gasteiger partial charge in [-0.3, -0.25) is 14.9 Å². The zero-order valence-corrected chi connectivity index (χ0v) is 11.4. The molecule has 1 aliphatic heterocycles. The lowest BCUT2D eigenvalue weighted by atomic mass is 10.2. The number of hydrogen-bond acceptors (Lipinski definition) is 6. The summed E-state index contributed by atoms with van der Waals surface area (Å²) < 4.78 is 11.1. The Labute approximate surface area is 121 Å². The Morgan fingerprint density at radius 2 is 2.29 bits per heavy atom. The average Bonchev–Trinajstić information content (AvgIpc) is 2.73. The van der Waals surface area contributed by atoms with Gasteiger partial charge in [-0.25, -0.2) is 0 Å². The van der Waals surface area contributed by atoms with E-state index in [9.17, 15) is 14.9 Å². The lowest BCUT2D eigenvalue weighted by Gasteiger charge is -2.17. The van der Waals surface area contributed by atoms with E-state index in [0.717, 1.165) is 0 Å². The molecule has 1 heterocycles. The second-order valence-corrected chi connectivity index (χ2v) is 4.65. The summed E-state index contributed by atoms with van der Waals surface area (Å²) in [6.07, 6.45) is -0.0818. The van der Waals surface area contributed by atoms with Crippen LogP contribution >= 0.6 is 0 Å². The van der Waals surface area contributed by atoms with Gasteiger partial charge < -0.3 is 20.5 Å². The molecule has 2 atom stereocenters. The monoisotopic (exact) mass is 295 g/mol. The number of ether oxygens (including phenoxy) is 2. The van der Waals surface area contributed by atoms with Crippen LogP contribution < -0.4 is 11.1 Å². The van der Waals surface area contributed by atoms with Crippen molar-refractivity contribution >= 4 is 11.6 Å². The van der Waals surface area contributed by atoms with E-state index in [-0.39, 0.29) is 30.8 Å². The molecule has 2 rings (SSSR count). The molecule has 0 bridgehead atoms. The maximum Gasteiger partial charge on any atom is 0.269 e. The lowest BCUT2D eigenvalue weighted by Crippen LogP contribution is -2.41. The largest absolute Gasteiger partial charge is 0.350 e. The molecule has 1 fully saturated rings. The van der Waals surface area contributed by atoms with Crippen LogP contribution in [-0.4, -0.2) is 36.6 Å². The van der Waals surface area contributed by atoms with Crippen molar-refractivity contribution in [3.05, 3.63) is 39.9 Å². The average molecular weight is 295 g/mol. The van der Waals surface area contributed by atoms with Crippen LogP contribution in [-0.2, 0) is 14.3 Å². The first-order valence-electron chi connectivity index (χ1n) is 6.57. The molecular formula is C13H17N3O5. The molecule has 3 N–H and O–H groups in total. The van der Waals surface area contributed by atoms with Crippen LogP contribution in [0.1, 0.15) is 18.3 Å². The van der Waals surface area contributed by atoms with Gasteiger partial charge >= 0.3 is 0 Å². The van der Waals surface area contributed by atoms with Crippen LogP contribution in [0.4, 0.5) is 5.69 Å². The maximum atomic E-state index is 11.3. The Morgan fingerprint density at radius 3 is 3.00 bits per heavy atom. The molecule has 0 unspecified atom stereocenters. The van der Waals surface area contributed by atoms with Gasteiger partial charge in [0.2, 0.25) is 5.91 Å². The van der Waals surface area contributed by atoms with Crippen molar-refractivity contribution in [3.8, 4) is 0 Å². The molecule has 114 valence electrons. The quantitative estimate of drug-likeness (QED) is 0.616. The first-order chi connectivity index (χ1) is 10.1. The van der Waals surface area contributed by atoms with Crippen LogP contribution in [0.15, 0.2) is 24.3 Å². The molecule has 1 saturated heterocycles. The van der Waals surface area contributed by atoms with Gasteiger partial charge in [0.15, 0.2) is 6.29 Å². The SMILES string of the molecule is NCC(=O)N[C@H]1CCO[C@H](c2cccc([N+](=O)[O-])c2)OC1. The Balaban J connectivity index is 2.01. The van der Waals surface area contributed by atoms with Crippen LogP contribution in [0.2, 0.25) is 0 Å². The smallest absolute Gasteiger partial charge is 0.269 e. The molecular weight excluding hydrogens is 278 g/mol. The zero-order chi connectivity index (χ0) is 15.2. The molecule has 0 saturated carbocycles. The number of amides is 1. The highest BCUT2D eigenvalue weighted by Gasteiger charge is 2.23. The van der Waals surface area contributed by atoms with E-state index in [4.69, 9.17) is 15.2 Å². The van der Waals surface area contributed by atoms with Crippen molar-refractivity contribution in [1.82, 2.24) is 5.32 Å². The first-order valence-corrected chi connectivity index (χ1v) is 6.57. The summed E-state index contributed by atoms with van der Waals surface area (Å²) in [5.74, 6) is -0.252. The third kappa shape index (κ3) is 4.22. The summed E-state index contributed by atoms with van der Waals surface area (Å²) in [6.45, 7) is 0.563.